The Morgan fingerprint density at radius 2 is 2.00 bits per heavy atom. The van der Waals surface area contributed by atoms with Crippen molar-refractivity contribution in [3.63, 3.8) is 0 Å². The molecule has 0 heterocycles. The summed E-state index contributed by atoms with van der Waals surface area (Å²) in [6.45, 7) is 7.98. The average molecular weight is 184 g/mol. The summed E-state index contributed by atoms with van der Waals surface area (Å²) in [6, 6.07) is 0. The van der Waals surface area contributed by atoms with Gasteiger partial charge < -0.3 is 5.11 Å². The van der Waals surface area contributed by atoms with E-state index in [1.165, 1.54) is 19.3 Å². The second-order valence-electron chi connectivity index (χ2n) is 3.92. The standard InChI is InChI=1S/C12H24O/c1-4-6-7-8-10-12(13)11(3)9-5-2/h5,11-13H,2,4,6-10H2,1,3H3. The third-order valence-corrected chi connectivity index (χ3v) is 2.55. The van der Waals surface area contributed by atoms with Crippen LogP contribution in [0.1, 0.15) is 52.4 Å². The largest absolute Gasteiger partial charge is 0.393 e. The van der Waals surface area contributed by atoms with Gasteiger partial charge in [0.1, 0.15) is 0 Å². The first kappa shape index (κ1) is 12.7. The molecule has 1 N–H and O–H groups in total. The van der Waals surface area contributed by atoms with Crippen LogP contribution in [0.25, 0.3) is 0 Å². The highest BCUT2D eigenvalue weighted by molar-refractivity contribution is 4.75. The van der Waals surface area contributed by atoms with Crippen molar-refractivity contribution in [1.29, 1.82) is 0 Å². The second kappa shape index (κ2) is 8.31. The smallest absolute Gasteiger partial charge is 0.0568 e. The van der Waals surface area contributed by atoms with Crippen LogP contribution in [-0.2, 0) is 0 Å². The van der Waals surface area contributed by atoms with Crippen LogP contribution in [-0.4, -0.2) is 11.2 Å². The molecule has 0 aromatic carbocycles. The fourth-order valence-electron chi connectivity index (χ4n) is 1.48. The highest BCUT2D eigenvalue weighted by Gasteiger charge is 2.11. The molecule has 0 amide bonds. The van der Waals surface area contributed by atoms with E-state index in [1.807, 2.05) is 6.08 Å². The maximum atomic E-state index is 9.70. The number of unbranched alkanes of at least 4 members (excludes halogenated alkanes) is 3. The monoisotopic (exact) mass is 184 g/mol. The minimum Gasteiger partial charge on any atom is -0.393 e. The zero-order valence-electron chi connectivity index (χ0n) is 9.13. The van der Waals surface area contributed by atoms with Gasteiger partial charge in [0.2, 0.25) is 0 Å². The Morgan fingerprint density at radius 3 is 2.54 bits per heavy atom. The normalized spacial score (nSPS) is 15.3. The van der Waals surface area contributed by atoms with Gasteiger partial charge in [-0.05, 0) is 18.8 Å². The zero-order chi connectivity index (χ0) is 10.1. The molecule has 0 aromatic rings. The average Bonchev–Trinajstić information content (AvgIpc) is 2.12. The van der Waals surface area contributed by atoms with E-state index in [1.54, 1.807) is 0 Å². The van der Waals surface area contributed by atoms with Crippen LogP contribution >= 0.6 is 0 Å². The lowest BCUT2D eigenvalue weighted by atomic mass is 9.96. The molecule has 78 valence electrons. The first-order valence-electron chi connectivity index (χ1n) is 5.51. The summed E-state index contributed by atoms with van der Waals surface area (Å²) in [5.74, 6) is 0.374. The molecule has 0 aromatic heterocycles. The summed E-state index contributed by atoms with van der Waals surface area (Å²) >= 11 is 0. The molecule has 0 saturated heterocycles. The van der Waals surface area contributed by atoms with Gasteiger partial charge in [-0.15, -0.1) is 6.58 Å². The van der Waals surface area contributed by atoms with E-state index >= 15 is 0 Å². The maximum absolute atomic E-state index is 9.70. The third-order valence-electron chi connectivity index (χ3n) is 2.55. The molecule has 0 aliphatic rings. The van der Waals surface area contributed by atoms with Crippen molar-refractivity contribution < 1.29 is 5.11 Å². The van der Waals surface area contributed by atoms with Gasteiger partial charge in [0, 0.05) is 0 Å². The Hall–Kier alpha value is -0.300. The Labute approximate surface area is 82.9 Å². The predicted molar refractivity (Wildman–Crippen MR) is 58.7 cm³/mol. The number of rotatable bonds is 8. The van der Waals surface area contributed by atoms with Crippen molar-refractivity contribution >= 4 is 0 Å². The van der Waals surface area contributed by atoms with Gasteiger partial charge in [-0.2, -0.15) is 0 Å². The summed E-state index contributed by atoms with van der Waals surface area (Å²) < 4.78 is 0. The van der Waals surface area contributed by atoms with Crippen molar-refractivity contribution in [3.05, 3.63) is 12.7 Å². The predicted octanol–water partition coefficient (Wildman–Crippen LogP) is 3.53. The van der Waals surface area contributed by atoms with Gasteiger partial charge in [-0.3, -0.25) is 0 Å². The number of aliphatic hydroxyl groups excluding tert-OH is 1. The molecule has 0 rings (SSSR count). The Kier molecular flexibility index (Phi) is 8.11. The van der Waals surface area contributed by atoms with Crippen molar-refractivity contribution in [2.75, 3.05) is 0 Å². The van der Waals surface area contributed by atoms with Crippen LogP contribution < -0.4 is 0 Å². The van der Waals surface area contributed by atoms with E-state index in [4.69, 9.17) is 0 Å². The Morgan fingerprint density at radius 1 is 1.31 bits per heavy atom. The minimum atomic E-state index is -0.130. The highest BCUT2D eigenvalue weighted by Crippen LogP contribution is 2.15. The molecule has 0 saturated carbocycles. The van der Waals surface area contributed by atoms with Gasteiger partial charge in [0.05, 0.1) is 6.10 Å². The molecule has 1 heteroatoms. The first-order chi connectivity index (χ1) is 6.22. The number of allylic oxidation sites excluding steroid dienone is 1. The van der Waals surface area contributed by atoms with Crippen LogP contribution in [0.2, 0.25) is 0 Å². The van der Waals surface area contributed by atoms with Gasteiger partial charge in [0.15, 0.2) is 0 Å². The Bertz CT molecular complexity index is 120. The first-order valence-corrected chi connectivity index (χ1v) is 5.51. The van der Waals surface area contributed by atoms with Crippen LogP contribution in [0.4, 0.5) is 0 Å². The lowest BCUT2D eigenvalue weighted by Crippen LogP contribution is -2.16. The number of hydrogen-bond acceptors (Lipinski definition) is 1. The fourth-order valence-corrected chi connectivity index (χ4v) is 1.48. The number of hydrogen-bond donors (Lipinski definition) is 1. The summed E-state index contributed by atoms with van der Waals surface area (Å²) in [7, 11) is 0. The van der Waals surface area contributed by atoms with E-state index in [0.717, 1.165) is 19.3 Å². The molecule has 0 radical (unpaired) electrons. The molecule has 2 unspecified atom stereocenters. The van der Waals surface area contributed by atoms with Crippen LogP contribution in [0, 0.1) is 5.92 Å². The summed E-state index contributed by atoms with van der Waals surface area (Å²) in [5, 5.41) is 9.70. The molecule has 1 nitrogen and oxygen atoms in total. The van der Waals surface area contributed by atoms with Crippen LogP contribution in [0.3, 0.4) is 0 Å². The van der Waals surface area contributed by atoms with Crippen molar-refractivity contribution in [2.24, 2.45) is 5.92 Å². The van der Waals surface area contributed by atoms with Gasteiger partial charge in [-0.1, -0.05) is 45.6 Å². The SMILES string of the molecule is C=CCC(C)C(O)CCCCCC. The highest BCUT2D eigenvalue weighted by atomic mass is 16.3. The number of aliphatic hydroxyl groups is 1. The molecule has 0 fully saturated rings. The van der Waals surface area contributed by atoms with Crippen molar-refractivity contribution in [3.8, 4) is 0 Å². The van der Waals surface area contributed by atoms with Crippen molar-refractivity contribution in [1.82, 2.24) is 0 Å². The quantitative estimate of drug-likeness (QED) is 0.452. The molecule has 0 aliphatic heterocycles. The molecule has 13 heavy (non-hydrogen) atoms. The van der Waals surface area contributed by atoms with Gasteiger partial charge in [0.25, 0.3) is 0 Å². The van der Waals surface area contributed by atoms with Crippen LogP contribution in [0.5, 0.6) is 0 Å². The van der Waals surface area contributed by atoms with E-state index < -0.39 is 0 Å². The molecular weight excluding hydrogens is 160 g/mol. The molecule has 2 atom stereocenters. The lowest BCUT2D eigenvalue weighted by molar-refractivity contribution is 0.106. The summed E-state index contributed by atoms with van der Waals surface area (Å²) in [6.07, 6.45) is 8.62. The van der Waals surface area contributed by atoms with Crippen LogP contribution in [0.15, 0.2) is 12.7 Å². The second-order valence-corrected chi connectivity index (χ2v) is 3.92. The molecular formula is C12H24O. The molecule has 0 spiro atoms. The molecule has 0 bridgehead atoms. The van der Waals surface area contributed by atoms with E-state index in [-0.39, 0.29) is 6.10 Å². The van der Waals surface area contributed by atoms with E-state index in [0.29, 0.717) is 5.92 Å². The Balaban J connectivity index is 3.37. The zero-order valence-corrected chi connectivity index (χ0v) is 9.13. The topological polar surface area (TPSA) is 20.2 Å². The van der Waals surface area contributed by atoms with Gasteiger partial charge in [-0.25, -0.2) is 0 Å². The fraction of sp³-hybridized carbons (Fsp3) is 0.833. The third kappa shape index (κ3) is 6.83. The maximum Gasteiger partial charge on any atom is 0.0568 e. The molecule has 0 aliphatic carbocycles. The summed E-state index contributed by atoms with van der Waals surface area (Å²) in [4.78, 5) is 0. The lowest BCUT2D eigenvalue weighted by Gasteiger charge is -2.16. The minimum absolute atomic E-state index is 0.130. The van der Waals surface area contributed by atoms with Crippen molar-refractivity contribution in [2.45, 2.75) is 58.5 Å². The van der Waals surface area contributed by atoms with E-state index in [2.05, 4.69) is 20.4 Å². The van der Waals surface area contributed by atoms with E-state index in [9.17, 15) is 5.11 Å². The van der Waals surface area contributed by atoms with Gasteiger partial charge >= 0.3 is 0 Å². The summed E-state index contributed by atoms with van der Waals surface area (Å²) in [5.41, 5.74) is 0.